The molecule has 14 atom stereocenters. The molecule has 6 aliphatic carbocycles. The van der Waals surface area contributed by atoms with Gasteiger partial charge in [0.25, 0.3) is 0 Å². The average Bonchev–Trinajstić information content (AvgIpc) is 0.715. The van der Waals surface area contributed by atoms with E-state index in [1.165, 1.54) is 48.8 Å². The molecule has 10 N–H and O–H groups in total. The van der Waals surface area contributed by atoms with Gasteiger partial charge in [0, 0.05) is 103 Å². The number of nitrogens with one attached hydrogen (secondary N) is 3. The Labute approximate surface area is 562 Å². The summed E-state index contributed by atoms with van der Waals surface area (Å²) < 4.78 is 31.1. The van der Waals surface area contributed by atoms with Crippen molar-refractivity contribution in [3.8, 4) is 34.8 Å². The summed E-state index contributed by atoms with van der Waals surface area (Å²) in [6, 6.07) is 27.0. The number of nitrogens with two attached hydrogens (primary N) is 1. The van der Waals surface area contributed by atoms with Crippen LogP contribution in [-0.4, -0.2) is 99.7 Å². The number of nitrogens with zero attached hydrogens (tertiary/aromatic N) is 2. The highest BCUT2D eigenvalue weighted by molar-refractivity contribution is 5.89. The number of hydrogen-bond acceptors (Lipinski definition) is 12. The topological polar surface area (TPSA) is 217 Å². The van der Waals surface area contributed by atoms with Crippen molar-refractivity contribution in [2.45, 2.75) is 171 Å². The van der Waals surface area contributed by atoms with Crippen LogP contribution in [0.3, 0.4) is 0 Å². The lowest BCUT2D eigenvalue weighted by Gasteiger charge is -2.69. The van der Waals surface area contributed by atoms with Crippen LogP contribution in [-0.2, 0) is 64.9 Å². The quantitative estimate of drug-likeness (QED) is 0.0270. The summed E-state index contributed by atoms with van der Waals surface area (Å²) in [5.41, 5.74) is 21.9. The van der Waals surface area contributed by atoms with Gasteiger partial charge in [-0.2, -0.15) is 0 Å². The molecule has 0 radical (unpaired) electrons. The number of benzene rings is 5. The summed E-state index contributed by atoms with van der Waals surface area (Å²) in [4.78, 5) is 4.36. The van der Waals surface area contributed by atoms with Crippen molar-refractivity contribution in [1.29, 1.82) is 0 Å². The summed E-state index contributed by atoms with van der Waals surface area (Å²) >= 11 is 0. The Bertz CT molecular complexity index is 4340. The van der Waals surface area contributed by atoms with Gasteiger partial charge in [-0.05, 0) is 205 Å². The Morgan fingerprint density at radius 1 is 0.875 bits per heavy atom. The minimum Gasteiger partial charge on any atom is -0.508 e. The second-order valence-corrected chi connectivity index (χ2v) is 29.8. The van der Waals surface area contributed by atoms with E-state index in [1.54, 1.807) is 44.0 Å². The van der Waals surface area contributed by atoms with Crippen LogP contribution >= 0.6 is 0 Å². The van der Waals surface area contributed by atoms with Gasteiger partial charge in [-0.25, -0.2) is 0 Å². The fourth-order valence-electron chi connectivity index (χ4n) is 20.5. The van der Waals surface area contributed by atoms with E-state index in [0.29, 0.717) is 67.3 Å². The first-order valence-electron chi connectivity index (χ1n) is 35.7. The molecule has 2 saturated heterocycles. The first-order valence-corrected chi connectivity index (χ1v) is 35.7. The number of dihydropyridines is 1. The molecule has 2 saturated carbocycles. The summed E-state index contributed by atoms with van der Waals surface area (Å²) in [5.74, 6) is 10.9. The van der Waals surface area contributed by atoms with Crippen molar-refractivity contribution in [1.82, 2.24) is 20.5 Å². The minimum absolute atomic E-state index is 0.0265. The third kappa shape index (κ3) is 10.3. The summed E-state index contributed by atoms with van der Waals surface area (Å²) in [6.07, 6.45) is 24.5. The minimum atomic E-state index is -0.850. The number of aliphatic hydroxyl groups is 2. The number of aromatic hydroxyl groups is 3. The molecule has 15 heteroatoms. The number of aryl methyl sites for hydroxylation is 2. The van der Waals surface area contributed by atoms with E-state index in [9.17, 15) is 25.5 Å². The van der Waals surface area contributed by atoms with Gasteiger partial charge < -0.3 is 65.4 Å². The van der Waals surface area contributed by atoms with Crippen LogP contribution in [0.25, 0.3) is 22.7 Å². The number of rotatable bonds is 10. The maximum absolute atomic E-state index is 12.9. The maximum atomic E-state index is 12.9. The van der Waals surface area contributed by atoms with Crippen molar-refractivity contribution in [2.75, 3.05) is 27.3 Å². The van der Waals surface area contributed by atoms with Crippen LogP contribution in [0.2, 0.25) is 0 Å². The second-order valence-electron chi connectivity index (χ2n) is 29.8. The largest absolute Gasteiger partial charge is 0.508 e. The number of phenolic OH excluding ortho intramolecular Hbond substituents is 3. The molecular formula is C81H90N6O9. The van der Waals surface area contributed by atoms with Crippen LogP contribution in [0.4, 0.5) is 0 Å². The highest BCUT2D eigenvalue weighted by Gasteiger charge is 2.69. The Hall–Kier alpha value is -7.81. The summed E-state index contributed by atoms with van der Waals surface area (Å²) in [6.45, 7) is 0.960. The second kappa shape index (κ2) is 24.6. The Morgan fingerprint density at radius 3 is 2.65 bits per heavy atom. The number of fused-ring (bicyclic) bond motifs is 6. The van der Waals surface area contributed by atoms with Gasteiger partial charge in [0.15, 0.2) is 17.5 Å². The zero-order valence-corrected chi connectivity index (χ0v) is 55.2. The standard InChI is InChI=1S/C81H90N6O9/c1-83-79(82)84-39-54-32-50-17-14-45(12-13-46-16-26-67(90)53(29-46)30-47-7-5-11-61(89)31-47)15-23-62-64-25-27-71(93-2)85-77(64)86-78-72(62)74(54)96-70(50)38-68(91)49-20-24-63-65(36-49)56(42-88)37-69(92)75(63)94-43-57-35-60(34-55-40-87(78)41-66(55)57)81-59-22-18-48-8-6-9-51(73(48)81)33-52-19-21-58-10-3-4-28-80(58,76(52)81)95-44-59/h5-9,11,16,20,24,26,29,31-32,34-35,37,40-41,45,49-50,52,58-59,68,70-71,74,76-77,85-86,88-92H,3-4,10,12-14,17-19,21-22,25,27-28,30,33,36,38-39,42-44H2,1-2H3,(H3,82,83,84). The van der Waals surface area contributed by atoms with E-state index in [2.05, 4.69) is 98.3 Å². The molecule has 6 aromatic rings. The highest BCUT2D eigenvalue weighted by atomic mass is 16.5. The Kier molecular flexibility index (Phi) is 15.8. The van der Waals surface area contributed by atoms with Gasteiger partial charge in [0.1, 0.15) is 42.4 Å². The van der Waals surface area contributed by atoms with E-state index in [1.807, 2.05) is 24.3 Å². The van der Waals surface area contributed by atoms with Crippen LogP contribution in [0, 0.1) is 53.3 Å². The summed E-state index contributed by atoms with van der Waals surface area (Å²) in [5, 5.41) is 71.2. The third-order valence-electron chi connectivity index (χ3n) is 24.9. The molecule has 15 nitrogen and oxygen atoms in total. The lowest BCUT2D eigenvalue weighted by atomic mass is 9.39. The van der Waals surface area contributed by atoms with E-state index >= 15 is 0 Å². The molecule has 1 spiro atoms. The summed E-state index contributed by atoms with van der Waals surface area (Å²) in [7, 11) is 3.46. The number of methoxy groups -OCH3 is 1. The van der Waals surface area contributed by atoms with E-state index in [4.69, 9.17) is 24.7 Å². The van der Waals surface area contributed by atoms with E-state index < -0.39 is 18.3 Å². The van der Waals surface area contributed by atoms with Crippen molar-refractivity contribution < 1.29 is 44.5 Å². The molecule has 14 unspecified atom stereocenters. The van der Waals surface area contributed by atoms with Crippen molar-refractivity contribution >= 4 is 28.6 Å². The van der Waals surface area contributed by atoms with Crippen LogP contribution in [0.5, 0.6) is 23.0 Å². The molecule has 498 valence electrons. The van der Waals surface area contributed by atoms with Crippen LogP contribution < -0.4 is 26.4 Å². The maximum Gasteiger partial charge on any atom is 0.188 e. The number of ether oxygens (including phenoxy) is 4. The fraction of sp³-hybridized carbons (Fsp3) is 0.469. The first kappa shape index (κ1) is 61.8. The Balaban J connectivity index is 0.885. The fourth-order valence-corrected chi connectivity index (χ4v) is 20.5. The van der Waals surface area contributed by atoms with E-state index in [-0.39, 0.29) is 77.5 Å². The molecule has 5 aromatic carbocycles. The molecule has 1 aromatic heterocycles. The molecule has 7 aliphatic heterocycles. The SMILES string of the molecule is CN=C(N)NCC1=CC2CCC(CCc3ccc(O)c(Cc4cccc(O)c4)c3)C#CC3=C4CCC(OC)NC4NC4=C3C1OC2CC(O)C1C=Cc2c(c(CO)cc(O)c2OCc2cc(C35c6c7cccc6CC6CCC8CCCCC8(OCC3CC7)C65)cc3cn4cc23)C1. The van der Waals surface area contributed by atoms with Gasteiger partial charge in [-0.1, -0.05) is 91.4 Å². The van der Waals surface area contributed by atoms with E-state index in [0.717, 1.165) is 137 Å². The predicted molar refractivity (Wildman–Crippen MR) is 371 cm³/mol. The molecule has 96 heavy (non-hydrogen) atoms. The zero-order chi connectivity index (χ0) is 65.1. The van der Waals surface area contributed by atoms with Crippen molar-refractivity contribution in [3.63, 3.8) is 0 Å². The lowest BCUT2D eigenvalue weighted by molar-refractivity contribution is -0.247. The number of piperidine rings is 1. The Morgan fingerprint density at radius 2 is 1.77 bits per heavy atom. The average molecular weight is 1290 g/mol. The number of phenols is 3. The van der Waals surface area contributed by atoms with Gasteiger partial charge in [0.05, 0.1) is 31.0 Å². The van der Waals surface area contributed by atoms with Crippen LogP contribution in [0.15, 0.2) is 131 Å². The van der Waals surface area contributed by atoms with Crippen molar-refractivity contribution in [2.24, 2.45) is 52.2 Å². The number of guanidine groups is 1. The normalized spacial score (nSPS) is 31.6. The molecule has 19 rings (SSSR count). The number of aliphatic imine (C=N–C) groups is 1. The zero-order valence-electron chi connectivity index (χ0n) is 55.2. The van der Waals surface area contributed by atoms with Gasteiger partial charge in [-0.3, -0.25) is 10.3 Å². The van der Waals surface area contributed by atoms with Crippen LogP contribution in [0.1, 0.15) is 145 Å². The molecule has 4 fully saturated rings. The molecule has 8 heterocycles. The van der Waals surface area contributed by atoms with Crippen molar-refractivity contribution in [3.05, 3.63) is 187 Å². The molecule has 10 bridgehead atoms. The molecule has 13 aliphatic rings. The monoisotopic (exact) mass is 1290 g/mol. The molecule has 0 amide bonds. The van der Waals surface area contributed by atoms with Gasteiger partial charge >= 0.3 is 0 Å². The lowest BCUT2D eigenvalue weighted by Crippen LogP contribution is -2.70. The van der Waals surface area contributed by atoms with Gasteiger partial charge in [-0.15, -0.1) is 0 Å². The third-order valence-corrected chi connectivity index (χ3v) is 24.9. The molecular weight excluding hydrogens is 1200 g/mol. The smallest absolute Gasteiger partial charge is 0.188 e. The van der Waals surface area contributed by atoms with Gasteiger partial charge in [0.2, 0.25) is 0 Å². The number of aromatic nitrogens is 1. The number of aliphatic hydroxyl groups excluding tert-OH is 2. The number of hydrogen-bond donors (Lipinski definition) is 9. The first-order chi connectivity index (χ1) is 46.9. The predicted octanol–water partition coefficient (Wildman–Crippen LogP) is 11.4. The highest BCUT2D eigenvalue weighted by Crippen LogP contribution is 2.69.